The largest absolute Gasteiger partial charge is 0.271 e. The Kier molecular flexibility index (Phi) is 3.79. The number of nitrogens with two attached hydrogens (primary N) is 1. The lowest BCUT2D eigenvalue weighted by Crippen LogP contribution is -2.30. The van der Waals surface area contributed by atoms with Crippen LogP contribution in [0.3, 0.4) is 0 Å². The molecule has 6 heteroatoms. The Labute approximate surface area is 99.9 Å². The topological polar surface area (TPSA) is 81.7 Å². The summed E-state index contributed by atoms with van der Waals surface area (Å²) in [6.07, 6.45) is 5.78. The molecule has 2 aromatic heterocycles. The highest BCUT2D eigenvalue weighted by molar-refractivity contribution is 5.16. The van der Waals surface area contributed by atoms with Crippen LogP contribution in [-0.4, -0.2) is 19.7 Å². The van der Waals surface area contributed by atoms with Crippen molar-refractivity contribution in [2.24, 2.45) is 5.84 Å². The third kappa shape index (κ3) is 2.66. The summed E-state index contributed by atoms with van der Waals surface area (Å²) in [5, 5.41) is 4.14. The van der Waals surface area contributed by atoms with Crippen LogP contribution >= 0.6 is 0 Å². The fourth-order valence-electron chi connectivity index (χ4n) is 1.76. The minimum absolute atomic E-state index is 0.0208. The first kappa shape index (κ1) is 11.7. The summed E-state index contributed by atoms with van der Waals surface area (Å²) in [5.74, 6) is 6.51. The van der Waals surface area contributed by atoms with E-state index in [4.69, 9.17) is 5.84 Å². The summed E-state index contributed by atoms with van der Waals surface area (Å²) in [6, 6.07) is 3.90. The fraction of sp³-hybridized carbons (Fsp3) is 0.364. The minimum atomic E-state index is 0.0208. The van der Waals surface area contributed by atoms with Crippen molar-refractivity contribution in [2.45, 2.75) is 25.9 Å². The Morgan fingerprint density at radius 2 is 2.18 bits per heavy atom. The highest BCUT2D eigenvalue weighted by atomic mass is 15.3. The van der Waals surface area contributed by atoms with Crippen LogP contribution < -0.4 is 11.3 Å². The van der Waals surface area contributed by atoms with Crippen LogP contribution in [0.2, 0.25) is 0 Å². The van der Waals surface area contributed by atoms with Gasteiger partial charge in [-0.3, -0.25) is 20.9 Å². The third-order valence-corrected chi connectivity index (χ3v) is 2.69. The summed E-state index contributed by atoms with van der Waals surface area (Å²) in [4.78, 5) is 8.23. The quantitative estimate of drug-likeness (QED) is 0.577. The molecule has 0 aliphatic rings. The molecule has 0 saturated carbocycles. The third-order valence-electron chi connectivity index (χ3n) is 2.69. The standard InChI is InChI=1S/C11H16N6/c1-2-17-11(14-8-15-17)7-10(16-12)9-3-5-13-6-4-9/h3-6,8,10,16H,2,7,12H2,1H3. The van der Waals surface area contributed by atoms with E-state index in [1.807, 2.05) is 23.7 Å². The average Bonchev–Trinajstić information content (AvgIpc) is 2.84. The lowest BCUT2D eigenvalue weighted by molar-refractivity contribution is 0.510. The van der Waals surface area contributed by atoms with E-state index >= 15 is 0 Å². The second kappa shape index (κ2) is 5.51. The molecule has 2 heterocycles. The molecule has 0 radical (unpaired) electrons. The van der Waals surface area contributed by atoms with Crippen LogP contribution in [-0.2, 0) is 13.0 Å². The van der Waals surface area contributed by atoms with E-state index in [1.54, 1.807) is 18.7 Å². The molecule has 1 atom stereocenters. The lowest BCUT2D eigenvalue weighted by atomic mass is 10.1. The van der Waals surface area contributed by atoms with Gasteiger partial charge in [0.15, 0.2) is 0 Å². The maximum Gasteiger partial charge on any atom is 0.138 e. The van der Waals surface area contributed by atoms with E-state index in [2.05, 4.69) is 20.5 Å². The van der Waals surface area contributed by atoms with E-state index in [9.17, 15) is 0 Å². The van der Waals surface area contributed by atoms with Gasteiger partial charge in [-0.15, -0.1) is 0 Å². The monoisotopic (exact) mass is 232 g/mol. The van der Waals surface area contributed by atoms with Crippen molar-refractivity contribution < 1.29 is 0 Å². The smallest absolute Gasteiger partial charge is 0.138 e. The molecule has 0 amide bonds. The predicted molar refractivity (Wildman–Crippen MR) is 63.7 cm³/mol. The Hall–Kier alpha value is -1.79. The molecule has 17 heavy (non-hydrogen) atoms. The molecular formula is C11H16N6. The Morgan fingerprint density at radius 3 is 2.82 bits per heavy atom. The molecule has 2 rings (SSSR count). The van der Waals surface area contributed by atoms with Crippen molar-refractivity contribution in [1.82, 2.24) is 25.2 Å². The van der Waals surface area contributed by atoms with Crippen LogP contribution in [0.4, 0.5) is 0 Å². The molecular weight excluding hydrogens is 216 g/mol. The van der Waals surface area contributed by atoms with Crippen LogP contribution in [0.15, 0.2) is 30.9 Å². The molecule has 0 aromatic carbocycles. The number of rotatable bonds is 5. The van der Waals surface area contributed by atoms with Gasteiger partial charge in [0.2, 0.25) is 0 Å². The van der Waals surface area contributed by atoms with Crippen LogP contribution in [0.1, 0.15) is 24.4 Å². The van der Waals surface area contributed by atoms with Crippen molar-refractivity contribution in [1.29, 1.82) is 0 Å². The summed E-state index contributed by atoms with van der Waals surface area (Å²) >= 11 is 0. The number of aromatic nitrogens is 4. The van der Waals surface area contributed by atoms with Gasteiger partial charge in [-0.25, -0.2) is 4.98 Å². The number of nitrogens with one attached hydrogen (secondary N) is 1. The zero-order valence-electron chi connectivity index (χ0n) is 9.74. The molecule has 6 nitrogen and oxygen atoms in total. The highest BCUT2D eigenvalue weighted by Gasteiger charge is 2.13. The molecule has 0 aliphatic carbocycles. The highest BCUT2D eigenvalue weighted by Crippen LogP contribution is 2.15. The molecule has 0 fully saturated rings. The van der Waals surface area contributed by atoms with E-state index in [0.29, 0.717) is 6.42 Å². The molecule has 2 aromatic rings. The predicted octanol–water partition coefficient (Wildman–Crippen LogP) is 0.440. The van der Waals surface area contributed by atoms with Gasteiger partial charge in [-0.05, 0) is 24.6 Å². The maximum absolute atomic E-state index is 5.59. The SMILES string of the molecule is CCn1ncnc1CC(NN)c1ccncc1. The number of pyridine rings is 1. The zero-order chi connectivity index (χ0) is 12.1. The zero-order valence-corrected chi connectivity index (χ0v) is 9.74. The Balaban J connectivity index is 2.16. The molecule has 0 bridgehead atoms. The van der Waals surface area contributed by atoms with Crippen molar-refractivity contribution in [3.63, 3.8) is 0 Å². The normalized spacial score (nSPS) is 12.6. The van der Waals surface area contributed by atoms with Gasteiger partial charge in [0, 0.05) is 25.4 Å². The van der Waals surface area contributed by atoms with Gasteiger partial charge in [0.1, 0.15) is 12.2 Å². The fourth-order valence-corrected chi connectivity index (χ4v) is 1.76. The first-order valence-corrected chi connectivity index (χ1v) is 5.58. The van der Waals surface area contributed by atoms with Crippen molar-refractivity contribution in [3.8, 4) is 0 Å². The number of nitrogens with zero attached hydrogens (tertiary/aromatic N) is 4. The average molecular weight is 232 g/mol. The molecule has 0 saturated heterocycles. The Morgan fingerprint density at radius 1 is 1.41 bits per heavy atom. The molecule has 1 unspecified atom stereocenters. The van der Waals surface area contributed by atoms with E-state index in [0.717, 1.165) is 17.9 Å². The van der Waals surface area contributed by atoms with Crippen LogP contribution in [0, 0.1) is 0 Å². The van der Waals surface area contributed by atoms with E-state index < -0.39 is 0 Å². The summed E-state index contributed by atoms with van der Waals surface area (Å²) < 4.78 is 1.87. The second-order valence-corrected chi connectivity index (χ2v) is 3.70. The first-order chi connectivity index (χ1) is 8.35. The number of hydrogen-bond acceptors (Lipinski definition) is 5. The van der Waals surface area contributed by atoms with Crippen molar-refractivity contribution >= 4 is 0 Å². The molecule has 0 aliphatic heterocycles. The summed E-state index contributed by atoms with van der Waals surface area (Å²) in [6.45, 7) is 2.85. The van der Waals surface area contributed by atoms with Gasteiger partial charge < -0.3 is 0 Å². The molecule has 90 valence electrons. The van der Waals surface area contributed by atoms with Gasteiger partial charge in [-0.1, -0.05) is 0 Å². The van der Waals surface area contributed by atoms with Gasteiger partial charge in [-0.2, -0.15) is 5.10 Å². The summed E-state index contributed by atoms with van der Waals surface area (Å²) in [7, 11) is 0. The summed E-state index contributed by atoms with van der Waals surface area (Å²) in [5.41, 5.74) is 3.89. The Bertz CT molecular complexity index is 452. The first-order valence-electron chi connectivity index (χ1n) is 5.58. The van der Waals surface area contributed by atoms with Crippen LogP contribution in [0.5, 0.6) is 0 Å². The van der Waals surface area contributed by atoms with Crippen molar-refractivity contribution in [2.75, 3.05) is 0 Å². The van der Waals surface area contributed by atoms with Gasteiger partial charge in [0.05, 0.1) is 6.04 Å². The number of hydrazine groups is 1. The molecule has 3 N–H and O–H groups in total. The maximum atomic E-state index is 5.59. The van der Waals surface area contributed by atoms with E-state index in [-0.39, 0.29) is 6.04 Å². The van der Waals surface area contributed by atoms with Gasteiger partial charge >= 0.3 is 0 Å². The lowest BCUT2D eigenvalue weighted by Gasteiger charge is -2.15. The van der Waals surface area contributed by atoms with Crippen molar-refractivity contribution in [3.05, 3.63) is 42.2 Å². The van der Waals surface area contributed by atoms with Crippen LogP contribution in [0.25, 0.3) is 0 Å². The molecule has 0 spiro atoms. The van der Waals surface area contributed by atoms with Gasteiger partial charge in [0.25, 0.3) is 0 Å². The number of hydrogen-bond donors (Lipinski definition) is 2. The van der Waals surface area contributed by atoms with E-state index in [1.165, 1.54) is 0 Å². The number of aryl methyl sites for hydroxylation is 1. The second-order valence-electron chi connectivity index (χ2n) is 3.70. The minimum Gasteiger partial charge on any atom is -0.271 e.